The van der Waals surface area contributed by atoms with E-state index < -0.39 is 47.4 Å². The molecule has 2 aromatic rings. The number of nitrogens with two attached hydrogens (primary N) is 1. The molecule has 4 rings (SSSR count). The summed E-state index contributed by atoms with van der Waals surface area (Å²) in [4.78, 5) is 62.4. The number of fused-ring (bicyclic) bond motifs is 1. The van der Waals surface area contributed by atoms with Crippen LogP contribution < -0.4 is 11.1 Å². The van der Waals surface area contributed by atoms with Gasteiger partial charge in [0.2, 0.25) is 6.79 Å². The highest BCUT2D eigenvalue weighted by Crippen LogP contribution is 2.41. The summed E-state index contributed by atoms with van der Waals surface area (Å²) in [6, 6.07) is -0.976. The summed E-state index contributed by atoms with van der Waals surface area (Å²) in [7, 11) is 0. The first kappa shape index (κ1) is 31.6. The van der Waals surface area contributed by atoms with Gasteiger partial charge in [-0.05, 0) is 50.6 Å². The summed E-state index contributed by atoms with van der Waals surface area (Å²) in [6.07, 6.45) is 3.42. The Kier molecular flexibility index (Phi) is 9.80. The molecule has 2 amide bonds. The highest BCUT2D eigenvalue weighted by molar-refractivity contribution is 8.00. The van der Waals surface area contributed by atoms with Crippen LogP contribution in [0.1, 0.15) is 39.2 Å². The van der Waals surface area contributed by atoms with Crippen molar-refractivity contribution in [3.8, 4) is 0 Å². The van der Waals surface area contributed by atoms with Gasteiger partial charge in [-0.3, -0.25) is 19.3 Å². The van der Waals surface area contributed by atoms with Gasteiger partial charge in [0, 0.05) is 11.1 Å². The minimum absolute atomic E-state index is 0.0220. The molecule has 2 aromatic heterocycles. The number of oxime groups is 1. The predicted octanol–water partition coefficient (Wildman–Crippen LogP) is 0.761. The molecular weight excluding hydrogens is 602 g/mol. The maximum Gasteiger partial charge on any atom is 0.358 e. The average Bonchev–Trinajstić information content (AvgIpc) is 3.58. The molecule has 18 heteroatoms. The van der Waals surface area contributed by atoms with Crippen molar-refractivity contribution in [1.29, 1.82) is 0 Å². The molecule has 0 bridgehead atoms. The number of allylic oxidation sites excluding steroid dienone is 2. The van der Waals surface area contributed by atoms with Crippen molar-refractivity contribution < 1.29 is 33.5 Å². The van der Waals surface area contributed by atoms with Gasteiger partial charge in [-0.15, -0.1) is 28.2 Å². The van der Waals surface area contributed by atoms with Crippen molar-refractivity contribution in [2.45, 2.75) is 52.6 Å². The third kappa shape index (κ3) is 7.19. The number of ether oxygens (including phenoxy) is 2. The van der Waals surface area contributed by atoms with Gasteiger partial charge in [-0.2, -0.15) is 0 Å². The number of hydrogen-bond acceptors (Lipinski definition) is 15. The first-order valence-corrected chi connectivity index (χ1v) is 15.0. The number of β-lactam (4-membered cyclic amide) rings is 1. The number of carbonyl (C=O) groups excluding carboxylic acids is 4. The van der Waals surface area contributed by atoms with Gasteiger partial charge in [0.05, 0.1) is 12.0 Å². The monoisotopic (exact) mass is 633 g/mol. The van der Waals surface area contributed by atoms with Gasteiger partial charge < -0.3 is 25.4 Å². The number of nitrogens with zero attached hydrogens (tertiary/aromatic N) is 7. The second-order valence-electron chi connectivity index (χ2n) is 10.2. The van der Waals surface area contributed by atoms with Crippen LogP contribution in [-0.2, 0) is 40.0 Å². The third-order valence-corrected chi connectivity index (χ3v) is 8.02. The maximum atomic E-state index is 13.4. The lowest BCUT2D eigenvalue weighted by atomic mass is 9.98. The van der Waals surface area contributed by atoms with Crippen molar-refractivity contribution in [2.24, 2.45) is 10.6 Å². The fourth-order valence-corrected chi connectivity index (χ4v) is 5.70. The SMILES string of the molecule is CCON=C(C(=O)NC1C(=O)N2C(C(=O)OCOC(=O)C(C)(C)C)=C(/C=C/Cn3nnnc3C)CS[C@H]12)c1csc(N)n1. The van der Waals surface area contributed by atoms with Crippen LogP contribution in [0.4, 0.5) is 5.13 Å². The third-order valence-electron chi connectivity index (χ3n) is 6.04. The topological polar surface area (TPSA) is 206 Å². The van der Waals surface area contributed by atoms with Crippen LogP contribution in [-0.4, -0.2) is 90.1 Å². The largest absolute Gasteiger partial charge is 0.427 e. The number of nitrogens with one attached hydrogen (secondary N) is 1. The number of esters is 2. The van der Waals surface area contributed by atoms with Crippen LogP contribution in [0.15, 0.2) is 34.0 Å². The molecule has 2 atom stereocenters. The molecule has 2 aliphatic heterocycles. The van der Waals surface area contributed by atoms with E-state index in [2.05, 4.69) is 31.0 Å². The van der Waals surface area contributed by atoms with Gasteiger partial charge in [0.15, 0.2) is 10.8 Å². The molecule has 1 fully saturated rings. The van der Waals surface area contributed by atoms with Crippen molar-refractivity contribution in [2.75, 3.05) is 24.9 Å². The van der Waals surface area contributed by atoms with E-state index in [9.17, 15) is 19.2 Å². The zero-order valence-corrected chi connectivity index (χ0v) is 25.7. The average molecular weight is 634 g/mol. The Morgan fingerprint density at radius 2 is 2.05 bits per heavy atom. The first-order valence-electron chi connectivity index (χ1n) is 13.1. The first-order chi connectivity index (χ1) is 20.4. The molecule has 230 valence electrons. The number of amides is 2. The van der Waals surface area contributed by atoms with E-state index in [1.54, 1.807) is 56.8 Å². The summed E-state index contributed by atoms with van der Waals surface area (Å²) < 4.78 is 11.9. The zero-order valence-electron chi connectivity index (χ0n) is 24.1. The lowest BCUT2D eigenvalue weighted by Gasteiger charge is -2.49. The lowest BCUT2D eigenvalue weighted by molar-refractivity contribution is -0.173. The van der Waals surface area contributed by atoms with Gasteiger partial charge >= 0.3 is 11.9 Å². The number of rotatable bonds is 11. The molecule has 3 N–H and O–H groups in total. The van der Waals surface area contributed by atoms with Crippen LogP contribution in [0.25, 0.3) is 0 Å². The standard InChI is InChI=1S/C25H31N9O7S2/c1-6-41-30-16(15-11-43-24(26)27-15)19(35)28-17-20(36)34-18(22(37)39-12-40-23(38)25(3,4)5)14(10-42-21(17)34)8-7-9-33-13(2)29-31-32-33/h7-8,11,17,21H,6,9-10,12H2,1-5H3,(H2,26,27)(H,28,35)/b8-7+,30-16?/t17?,21-/m1/s1. The van der Waals surface area contributed by atoms with Crippen molar-refractivity contribution in [1.82, 2.24) is 35.4 Å². The Morgan fingerprint density at radius 1 is 1.28 bits per heavy atom. The number of nitrogen functional groups attached to an aromatic ring is 1. The molecule has 1 saturated heterocycles. The second-order valence-corrected chi connectivity index (χ2v) is 12.2. The van der Waals surface area contributed by atoms with E-state index in [1.165, 1.54) is 16.7 Å². The van der Waals surface area contributed by atoms with E-state index in [0.717, 1.165) is 11.3 Å². The number of thioether (sulfide) groups is 1. The molecule has 0 saturated carbocycles. The van der Waals surface area contributed by atoms with E-state index in [-0.39, 0.29) is 28.8 Å². The smallest absolute Gasteiger partial charge is 0.358 e. The maximum absolute atomic E-state index is 13.4. The molecule has 0 aromatic carbocycles. The normalized spacial score (nSPS) is 18.8. The van der Waals surface area contributed by atoms with Crippen molar-refractivity contribution in [3.05, 3.63) is 40.3 Å². The number of aromatic nitrogens is 5. The van der Waals surface area contributed by atoms with E-state index in [1.807, 2.05) is 0 Å². The Hall–Kier alpha value is -4.32. The summed E-state index contributed by atoms with van der Waals surface area (Å²) in [6.45, 7) is 8.34. The molecule has 2 aliphatic rings. The van der Waals surface area contributed by atoms with Gasteiger partial charge in [0.25, 0.3) is 11.8 Å². The zero-order chi connectivity index (χ0) is 31.3. The van der Waals surface area contributed by atoms with E-state index in [4.69, 9.17) is 20.0 Å². The predicted molar refractivity (Wildman–Crippen MR) is 155 cm³/mol. The summed E-state index contributed by atoms with van der Waals surface area (Å²) in [5.41, 5.74) is 5.45. The molecule has 43 heavy (non-hydrogen) atoms. The van der Waals surface area contributed by atoms with Gasteiger partial charge in [0.1, 0.15) is 35.2 Å². The molecule has 4 heterocycles. The number of tetrazole rings is 1. The van der Waals surface area contributed by atoms with Gasteiger partial charge in [-0.25, -0.2) is 14.5 Å². The van der Waals surface area contributed by atoms with Crippen molar-refractivity contribution >= 4 is 57.7 Å². The summed E-state index contributed by atoms with van der Waals surface area (Å²) in [5, 5.41) is 19.0. The Labute approximate surface area is 254 Å². The Balaban J connectivity index is 1.53. The molecule has 0 aliphatic carbocycles. The fourth-order valence-electron chi connectivity index (χ4n) is 3.83. The number of carbonyl (C=O) groups is 4. The molecule has 1 unspecified atom stereocenters. The van der Waals surface area contributed by atoms with Crippen LogP contribution >= 0.6 is 23.1 Å². The number of aryl methyl sites for hydroxylation is 1. The lowest BCUT2D eigenvalue weighted by Crippen LogP contribution is -2.71. The number of hydrogen-bond donors (Lipinski definition) is 2. The van der Waals surface area contributed by atoms with E-state index in [0.29, 0.717) is 23.7 Å². The van der Waals surface area contributed by atoms with E-state index >= 15 is 0 Å². The minimum Gasteiger partial charge on any atom is -0.427 e. The quantitative estimate of drug-likeness (QED) is 0.115. The fraction of sp³-hybridized carbons (Fsp3) is 0.480. The van der Waals surface area contributed by atoms with Crippen molar-refractivity contribution in [3.63, 3.8) is 0 Å². The Morgan fingerprint density at radius 3 is 2.67 bits per heavy atom. The molecule has 16 nitrogen and oxygen atoms in total. The van der Waals surface area contributed by atoms with Crippen LogP contribution in [0, 0.1) is 12.3 Å². The highest BCUT2D eigenvalue weighted by atomic mass is 32.2. The summed E-state index contributed by atoms with van der Waals surface area (Å²) >= 11 is 2.47. The summed E-state index contributed by atoms with van der Waals surface area (Å²) in [5.74, 6) is -1.75. The highest BCUT2D eigenvalue weighted by Gasteiger charge is 2.54. The minimum atomic E-state index is -0.976. The Bertz CT molecular complexity index is 1490. The number of thiazole rings is 1. The molecule has 0 radical (unpaired) electrons. The molecular formula is C25H31N9O7S2. The van der Waals surface area contributed by atoms with Gasteiger partial charge in [-0.1, -0.05) is 17.3 Å². The second kappa shape index (κ2) is 13.3. The number of anilines is 1. The van der Waals surface area contributed by atoms with Crippen LogP contribution in [0.2, 0.25) is 0 Å². The molecule has 0 spiro atoms. The van der Waals surface area contributed by atoms with Crippen LogP contribution in [0.5, 0.6) is 0 Å². The van der Waals surface area contributed by atoms with Crippen LogP contribution in [0.3, 0.4) is 0 Å².